The van der Waals surface area contributed by atoms with Gasteiger partial charge in [0.05, 0.1) is 11.5 Å². The van der Waals surface area contributed by atoms with Crippen LogP contribution in [0.1, 0.15) is 19.4 Å². The highest BCUT2D eigenvalue weighted by molar-refractivity contribution is 5.81. The molecule has 120 valence electrons. The molecular formula is C17H17NO5. The summed E-state index contributed by atoms with van der Waals surface area (Å²) in [4.78, 5) is 23.0. The lowest BCUT2D eigenvalue weighted by Crippen LogP contribution is -2.40. The molecule has 0 aromatic heterocycles. The average Bonchev–Trinajstić information content (AvgIpc) is 2.56. The Labute approximate surface area is 133 Å². The molecule has 0 heterocycles. The van der Waals surface area contributed by atoms with Crippen molar-refractivity contribution in [2.75, 3.05) is 6.61 Å². The summed E-state index contributed by atoms with van der Waals surface area (Å²) in [5.74, 6) is -0.596. The first kappa shape index (κ1) is 16.5. The third-order valence-corrected chi connectivity index (χ3v) is 3.37. The molecular weight excluding hydrogens is 298 g/mol. The molecule has 0 aliphatic heterocycles. The fraction of sp³-hybridized carbons (Fsp3) is 0.235. The first-order valence-corrected chi connectivity index (χ1v) is 7.14. The Morgan fingerprint density at radius 3 is 2.35 bits per heavy atom. The number of benzene rings is 2. The van der Waals surface area contributed by atoms with Crippen LogP contribution in [0.2, 0.25) is 0 Å². The van der Waals surface area contributed by atoms with E-state index in [0.717, 1.165) is 0 Å². The molecule has 0 bridgehead atoms. The van der Waals surface area contributed by atoms with Gasteiger partial charge >= 0.3 is 11.7 Å². The van der Waals surface area contributed by atoms with Crippen molar-refractivity contribution >= 4 is 11.7 Å². The summed E-state index contributed by atoms with van der Waals surface area (Å²) in [6.45, 7) is 3.41. The summed E-state index contributed by atoms with van der Waals surface area (Å²) in [5, 5.41) is 11.1. The largest absolute Gasteiger partial charge is 0.464 e. The molecule has 1 atom stereocenters. The van der Waals surface area contributed by atoms with Crippen molar-refractivity contribution in [3.05, 3.63) is 70.3 Å². The maximum absolute atomic E-state index is 12.4. The molecule has 1 unspecified atom stereocenters. The van der Waals surface area contributed by atoms with E-state index in [0.29, 0.717) is 5.56 Å². The van der Waals surface area contributed by atoms with Crippen LogP contribution in [0.4, 0.5) is 5.69 Å². The molecule has 0 saturated carbocycles. The molecule has 23 heavy (non-hydrogen) atoms. The molecule has 0 saturated heterocycles. The molecule has 0 amide bonds. The fourth-order valence-electron chi connectivity index (χ4n) is 2.16. The molecule has 6 nitrogen and oxygen atoms in total. The van der Waals surface area contributed by atoms with Gasteiger partial charge in [0.1, 0.15) is 0 Å². The molecule has 0 spiro atoms. The smallest absolute Gasteiger partial charge is 0.354 e. The van der Waals surface area contributed by atoms with Gasteiger partial charge in [-0.05, 0) is 19.9 Å². The van der Waals surface area contributed by atoms with E-state index < -0.39 is 16.5 Å². The van der Waals surface area contributed by atoms with Crippen LogP contribution in [0.15, 0.2) is 54.6 Å². The Balaban J connectivity index is 2.48. The van der Waals surface area contributed by atoms with Crippen LogP contribution in [0.25, 0.3) is 0 Å². The standard InChI is InChI=1S/C17H17NO5/c1-3-22-16(19)17(2,13-9-5-4-6-10-13)23-15-12-8-7-11-14(15)18(20)21/h4-12H,3H2,1-2H3. The van der Waals surface area contributed by atoms with Crippen LogP contribution in [0.5, 0.6) is 5.75 Å². The third-order valence-electron chi connectivity index (χ3n) is 3.37. The predicted octanol–water partition coefficient (Wildman–Crippen LogP) is 3.45. The van der Waals surface area contributed by atoms with Crippen molar-refractivity contribution in [3.63, 3.8) is 0 Å². The summed E-state index contributed by atoms with van der Waals surface area (Å²) in [7, 11) is 0. The number of nitrogens with zero attached hydrogens (tertiary/aromatic N) is 1. The predicted molar refractivity (Wildman–Crippen MR) is 84.2 cm³/mol. The molecule has 0 radical (unpaired) electrons. The molecule has 2 aromatic rings. The quantitative estimate of drug-likeness (QED) is 0.463. The van der Waals surface area contributed by atoms with Gasteiger partial charge in [-0.15, -0.1) is 0 Å². The molecule has 0 fully saturated rings. The maximum Gasteiger partial charge on any atom is 0.354 e. The second kappa shape index (κ2) is 6.91. The van der Waals surface area contributed by atoms with Crippen LogP contribution < -0.4 is 4.74 Å². The highest BCUT2D eigenvalue weighted by Gasteiger charge is 2.40. The first-order chi connectivity index (χ1) is 11.0. The number of ether oxygens (including phenoxy) is 2. The lowest BCUT2D eigenvalue weighted by Gasteiger charge is -2.28. The van der Waals surface area contributed by atoms with Gasteiger partial charge < -0.3 is 9.47 Å². The Hall–Kier alpha value is -2.89. The van der Waals surface area contributed by atoms with Gasteiger partial charge in [0.2, 0.25) is 5.60 Å². The summed E-state index contributed by atoms with van der Waals surface area (Å²) in [6.07, 6.45) is 0. The van der Waals surface area contributed by atoms with Gasteiger partial charge in [-0.1, -0.05) is 42.5 Å². The molecule has 2 rings (SSSR count). The number of nitro groups is 1. The van der Waals surface area contributed by atoms with E-state index in [4.69, 9.17) is 9.47 Å². The molecule has 6 heteroatoms. The molecule has 0 aliphatic rings. The van der Waals surface area contributed by atoms with Crippen molar-refractivity contribution in [2.45, 2.75) is 19.4 Å². The van der Waals surface area contributed by atoms with Crippen LogP contribution in [0, 0.1) is 10.1 Å². The van der Waals surface area contributed by atoms with Crippen LogP contribution in [-0.2, 0) is 15.1 Å². The maximum atomic E-state index is 12.4. The molecule has 2 aromatic carbocycles. The Morgan fingerprint density at radius 2 is 1.74 bits per heavy atom. The summed E-state index contributed by atoms with van der Waals surface area (Å²) in [6, 6.07) is 14.7. The number of hydrogen-bond donors (Lipinski definition) is 0. The third kappa shape index (κ3) is 3.48. The number of para-hydroxylation sites is 2. The van der Waals surface area contributed by atoms with E-state index in [1.165, 1.54) is 25.1 Å². The zero-order valence-electron chi connectivity index (χ0n) is 12.9. The zero-order chi connectivity index (χ0) is 16.9. The van der Waals surface area contributed by atoms with Crippen molar-refractivity contribution in [2.24, 2.45) is 0 Å². The monoisotopic (exact) mass is 315 g/mol. The van der Waals surface area contributed by atoms with Gasteiger partial charge in [0.15, 0.2) is 5.75 Å². The number of carbonyl (C=O) groups is 1. The van der Waals surface area contributed by atoms with E-state index in [1.54, 1.807) is 43.3 Å². The Bertz CT molecular complexity index is 701. The molecule has 0 aliphatic carbocycles. The van der Waals surface area contributed by atoms with E-state index >= 15 is 0 Å². The van der Waals surface area contributed by atoms with Crippen LogP contribution in [0.3, 0.4) is 0 Å². The van der Waals surface area contributed by atoms with Crippen molar-refractivity contribution < 1.29 is 19.2 Å². The fourth-order valence-corrected chi connectivity index (χ4v) is 2.16. The highest BCUT2D eigenvalue weighted by atomic mass is 16.6. The average molecular weight is 315 g/mol. The second-order valence-corrected chi connectivity index (χ2v) is 4.95. The van der Waals surface area contributed by atoms with Gasteiger partial charge in [-0.2, -0.15) is 0 Å². The Kier molecular flexibility index (Phi) is 4.95. The SMILES string of the molecule is CCOC(=O)C(C)(Oc1ccccc1[N+](=O)[O-])c1ccccc1. The minimum absolute atomic E-state index is 0.0110. The summed E-state index contributed by atoms with van der Waals surface area (Å²) in [5.41, 5.74) is -1.14. The minimum atomic E-state index is -1.48. The normalized spacial score (nSPS) is 13.0. The lowest BCUT2D eigenvalue weighted by atomic mass is 9.95. The Morgan fingerprint density at radius 1 is 1.13 bits per heavy atom. The van der Waals surface area contributed by atoms with Crippen molar-refractivity contribution in [1.82, 2.24) is 0 Å². The first-order valence-electron chi connectivity index (χ1n) is 7.14. The van der Waals surface area contributed by atoms with E-state index in [2.05, 4.69) is 0 Å². The van der Waals surface area contributed by atoms with Crippen LogP contribution >= 0.6 is 0 Å². The number of carbonyl (C=O) groups excluding carboxylic acids is 1. The van der Waals surface area contributed by atoms with Gasteiger partial charge in [-0.25, -0.2) is 4.79 Å². The van der Waals surface area contributed by atoms with Crippen LogP contribution in [-0.4, -0.2) is 17.5 Å². The lowest BCUT2D eigenvalue weighted by molar-refractivity contribution is -0.386. The highest BCUT2D eigenvalue weighted by Crippen LogP contribution is 2.34. The van der Waals surface area contributed by atoms with Gasteiger partial charge in [0, 0.05) is 11.6 Å². The van der Waals surface area contributed by atoms with Crippen molar-refractivity contribution in [3.8, 4) is 5.75 Å². The molecule has 0 N–H and O–H groups in total. The minimum Gasteiger partial charge on any atom is -0.464 e. The number of rotatable bonds is 6. The number of hydrogen-bond acceptors (Lipinski definition) is 5. The number of nitro benzene ring substituents is 1. The number of esters is 1. The van der Waals surface area contributed by atoms with E-state index in [9.17, 15) is 14.9 Å². The van der Waals surface area contributed by atoms with E-state index in [1.807, 2.05) is 0 Å². The van der Waals surface area contributed by atoms with Crippen molar-refractivity contribution in [1.29, 1.82) is 0 Å². The summed E-state index contributed by atoms with van der Waals surface area (Å²) >= 11 is 0. The topological polar surface area (TPSA) is 78.7 Å². The summed E-state index contributed by atoms with van der Waals surface area (Å²) < 4.78 is 10.9. The van der Waals surface area contributed by atoms with Gasteiger partial charge in [0.25, 0.3) is 0 Å². The van der Waals surface area contributed by atoms with Gasteiger partial charge in [-0.3, -0.25) is 10.1 Å². The zero-order valence-corrected chi connectivity index (χ0v) is 12.9. The van der Waals surface area contributed by atoms with E-state index in [-0.39, 0.29) is 18.0 Å². The second-order valence-electron chi connectivity index (χ2n) is 4.95.